The second-order valence-corrected chi connectivity index (χ2v) is 5.80. The monoisotopic (exact) mass is 306 g/mol. The van der Waals surface area contributed by atoms with E-state index in [1.807, 2.05) is 24.3 Å². The number of benzene rings is 2. The van der Waals surface area contributed by atoms with Crippen LogP contribution in [0.1, 0.15) is 11.1 Å². The molecular formula is C17H16ClFO2. The van der Waals surface area contributed by atoms with E-state index in [1.54, 1.807) is 6.07 Å². The van der Waals surface area contributed by atoms with Crippen LogP contribution >= 0.6 is 11.6 Å². The molecule has 0 spiro atoms. The Hall–Kier alpha value is -1.58. The van der Waals surface area contributed by atoms with Crippen molar-refractivity contribution in [2.24, 2.45) is 5.92 Å². The summed E-state index contributed by atoms with van der Waals surface area (Å²) >= 11 is 6.01. The lowest BCUT2D eigenvalue weighted by Gasteiger charge is -2.29. The zero-order chi connectivity index (χ0) is 14.8. The summed E-state index contributed by atoms with van der Waals surface area (Å²) in [6, 6.07) is 12.1. The van der Waals surface area contributed by atoms with Crippen molar-refractivity contribution in [3.8, 4) is 5.75 Å². The minimum absolute atomic E-state index is 0.0148. The highest BCUT2D eigenvalue weighted by molar-refractivity contribution is 6.31. The Kier molecular flexibility index (Phi) is 4.13. The number of ether oxygens (including phenoxy) is 1. The van der Waals surface area contributed by atoms with Crippen LogP contribution in [0.2, 0.25) is 5.02 Å². The minimum Gasteiger partial charge on any atom is -0.493 e. The van der Waals surface area contributed by atoms with Gasteiger partial charge in [-0.1, -0.05) is 35.9 Å². The number of hydrogen-bond donors (Lipinski definition) is 1. The Bertz CT molecular complexity index is 644. The summed E-state index contributed by atoms with van der Waals surface area (Å²) in [7, 11) is 0. The van der Waals surface area contributed by atoms with Crippen molar-refractivity contribution in [2.45, 2.75) is 18.9 Å². The highest BCUT2D eigenvalue weighted by atomic mass is 35.5. The predicted molar refractivity (Wildman–Crippen MR) is 80.3 cm³/mol. The van der Waals surface area contributed by atoms with Gasteiger partial charge in [0.2, 0.25) is 0 Å². The van der Waals surface area contributed by atoms with Gasteiger partial charge >= 0.3 is 0 Å². The smallest absolute Gasteiger partial charge is 0.124 e. The van der Waals surface area contributed by atoms with Crippen molar-refractivity contribution in [1.29, 1.82) is 0 Å². The molecule has 0 bridgehead atoms. The third-order valence-corrected chi connectivity index (χ3v) is 4.25. The number of halogens is 2. The summed E-state index contributed by atoms with van der Waals surface area (Å²) in [4.78, 5) is 0. The Morgan fingerprint density at radius 2 is 2.10 bits per heavy atom. The van der Waals surface area contributed by atoms with E-state index in [0.29, 0.717) is 18.1 Å². The van der Waals surface area contributed by atoms with Crippen molar-refractivity contribution in [3.05, 3.63) is 64.4 Å². The highest BCUT2D eigenvalue weighted by Crippen LogP contribution is 2.30. The van der Waals surface area contributed by atoms with Crippen LogP contribution in [-0.2, 0) is 12.8 Å². The maximum Gasteiger partial charge on any atom is 0.124 e. The molecule has 0 saturated heterocycles. The van der Waals surface area contributed by atoms with Crippen LogP contribution in [0.15, 0.2) is 42.5 Å². The molecule has 0 amide bonds. The van der Waals surface area contributed by atoms with Crippen LogP contribution in [-0.4, -0.2) is 17.8 Å². The van der Waals surface area contributed by atoms with Gasteiger partial charge in [0.25, 0.3) is 0 Å². The molecule has 1 N–H and O–H groups in total. The highest BCUT2D eigenvalue weighted by Gasteiger charge is 2.26. The average Bonchev–Trinajstić information content (AvgIpc) is 2.49. The summed E-state index contributed by atoms with van der Waals surface area (Å²) in [6.07, 6.45) is 0.604. The topological polar surface area (TPSA) is 29.5 Å². The average molecular weight is 307 g/mol. The van der Waals surface area contributed by atoms with Crippen molar-refractivity contribution in [1.82, 2.24) is 0 Å². The van der Waals surface area contributed by atoms with Gasteiger partial charge < -0.3 is 9.84 Å². The number of hydrogen-bond acceptors (Lipinski definition) is 2. The summed E-state index contributed by atoms with van der Waals surface area (Å²) in [5.41, 5.74) is 1.86. The van der Waals surface area contributed by atoms with E-state index in [9.17, 15) is 9.50 Å². The molecule has 21 heavy (non-hydrogen) atoms. The van der Waals surface area contributed by atoms with E-state index in [2.05, 4.69) is 0 Å². The van der Waals surface area contributed by atoms with Gasteiger partial charge in [-0.25, -0.2) is 4.39 Å². The van der Waals surface area contributed by atoms with Gasteiger partial charge in [-0.2, -0.15) is 0 Å². The zero-order valence-corrected chi connectivity index (χ0v) is 12.2. The molecule has 0 saturated carbocycles. The molecule has 0 aromatic heterocycles. The van der Waals surface area contributed by atoms with E-state index in [0.717, 1.165) is 23.3 Å². The molecule has 0 radical (unpaired) electrons. The first-order valence-corrected chi connectivity index (χ1v) is 7.34. The minimum atomic E-state index is -0.568. The van der Waals surface area contributed by atoms with E-state index >= 15 is 0 Å². The SMILES string of the molecule is OC(Cc1ccc(F)cc1Cl)C1COc2ccccc2C1. The maximum atomic E-state index is 13.0. The quantitative estimate of drug-likeness (QED) is 0.938. The van der Waals surface area contributed by atoms with E-state index < -0.39 is 6.10 Å². The van der Waals surface area contributed by atoms with E-state index in [-0.39, 0.29) is 11.7 Å². The first kappa shape index (κ1) is 14.4. The first-order chi connectivity index (χ1) is 10.1. The molecule has 110 valence electrons. The summed E-state index contributed by atoms with van der Waals surface area (Å²) in [5, 5.41) is 10.8. The standard InChI is InChI=1S/C17H16ClFO2/c18-15-9-14(19)6-5-11(15)8-16(20)13-7-12-3-1-2-4-17(12)21-10-13/h1-6,9,13,16,20H,7-8,10H2. The van der Waals surface area contributed by atoms with Gasteiger partial charge in [-0.05, 0) is 35.7 Å². The third kappa shape index (κ3) is 3.20. The second kappa shape index (κ2) is 6.04. The second-order valence-electron chi connectivity index (χ2n) is 5.39. The van der Waals surface area contributed by atoms with Crippen LogP contribution in [0.5, 0.6) is 5.75 Å². The summed E-state index contributed by atoms with van der Waals surface area (Å²) in [6.45, 7) is 0.483. The molecule has 2 aromatic rings. The van der Waals surface area contributed by atoms with E-state index in [1.165, 1.54) is 12.1 Å². The summed E-state index contributed by atoms with van der Waals surface area (Å²) < 4.78 is 18.7. The normalized spacial score (nSPS) is 18.7. The Morgan fingerprint density at radius 3 is 2.90 bits per heavy atom. The van der Waals surface area contributed by atoms with Gasteiger partial charge in [-0.3, -0.25) is 0 Å². The number of para-hydroxylation sites is 1. The zero-order valence-electron chi connectivity index (χ0n) is 11.4. The van der Waals surface area contributed by atoms with E-state index in [4.69, 9.17) is 16.3 Å². The largest absolute Gasteiger partial charge is 0.493 e. The van der Waals surface area contributed by atoms with Crippen molar-refractivity contribution in [2.75, 3.05) is 6.61 Å². The predicted octanol–water partition coefficient (Wildman–Crippen LogP) is 3.63. The van der Waals surface area contributed by atoms with Crippen molar-refractivity contribution >= 4 is 11.6 Å². The molecular weight excluding hydrogens is 291 g/mol. The lowest BCUT2D eigenvalue weighted by molar-refractivity contribution is 0.0652. The van der Waals surface area contributed by atoms with Gasteiger partial charge in [0.15, 0.2) is 0 Å². The lowest BCUT2D eigenvalue weighted by Crippen LogP contribution is -2.33. The fraction of sp³-hybridized carbons (Fsp3) is 0.294. The fourth-order valence-corrected chi connectivity index (χ4v) is 2.92. The Morgan fingerprint density at radius 1 is 1.29 bits per heavy atom. The van der Waals surface area contributed by atoms with Crippen LogP contribution in [0.4, 0.5) is 4.39 Å². The molecule has 1 heterocycles. The molecule has 2 atom stereocenters. The van der Waals surface area contributed by atoms with Crippen LogP contribution in [0.3, 0.4) is 0 Å². The molecule has 1 aliphatic heterocycles. The number of aliphatic hydroxyl groups excluding tert-OH is 1. The molecule has 2 nitrogen and oxygen atoms in total. The number of rotatable bonds is 3. The van der Waals surface area contributed by atoms with Gasteiger partial charge in [0, 0.05) is 17.4 Å². The van der Waals surface area contributed by atoms with Crippen molar-refractivity contribution in [3.63, 3.8) is 0 Å². The van der Waals surface area contributed by atoms with Gasteiger partial charge in [0.05, 0.1) is 12.7 Å². The van der Waals surface area contributed by atoms with Gasteiger partial charge in [-0.15, -0.1) is 0 Å². The van der Waals surface area contributed by atoms with Crippen molar-refractivity contribution < 1.29 is 14.2 Å². The maximum absolute atomic E-state index is 13.0. The Labute approximate surface area is 128 Å². The van der Waals surface area contributed by atoms with Crippen LogP contribution < -0.4 is 4.74 Å². The molecule has 3 rings (SSSR count). The molecule has 1 aliphatic rings. The van der Waals surface area contributed by atoms with Gasteiger partial charge in [0.1, 0.15) is 11.6 Å². The number of fused-ring (bicyclic) bond motifs is 1. The first-order valence-electron chi connectivity index (χ1n) is 6.96. The fourth-order valence-electron chi connectivity index (χ4n) is 2.68. The van der Waals surface area contributed by atoms with Crippen LogP contribution in [0, 0.1) is 11.7 Å². The third-order valence-electron chi connectivity index (χ3n) is 3.90. The van der Waals surface area contributed by atoms with Crippen LogP contribution in [0.25, 0.3) is 0 Å². The molecule has 0 aliphatic carbocycles. The molecule has 2 aromatic carbocycles. The summed E-state index contributed by atoms with van der Waals surface area (Å²) in [5.74, 6) is 0.537. The number of aliphatic hydroxyl groups is 1. The Balaban J connectivity index is 1.70. The molecule has 0 fully saturated rings. The lowest BCUT2D eigenvalue weighted by atomic mass is 9.89. The molecule has 4 heteroatoms. The molecule has 2 unspecified atom stereocenters.